The average Bonchev–Trinajstić information content (AvgIpc) is 3.38. The molecule has 0 aliphatic heterocycles. The van der Waals surface area contributed by atoms with E-state index < -0.39 is 5.97 Å². The van der Waals surface area contributed by atoms with Crippen LogP contribution in [0.2, 0.25) is 0 Å². The van der Waals surface area contributed by atoms with E-state index in [0.29, 0.717) is 67.3 Å². The average molecular weight is 558 g/mol. The molecule has 0 atom stereocenters. The van der Waals surface area contributed by atoms with Gasteiger partial charge in [0.2, 0.25) is 11.7 Å². The first-order valence-corrected chi connectivity index (χ1v) is 12.5. The maximum absolute atomic E-state index is 13.7. The molecular weight excluding hydrogens is 530 g/mol. The third-order valence-electron chi connectivity index (χ3n) is 6.68. The molecule has 0 radical (unpaired) electrons. The predicted molar refractivity (Wildman–Crippen MR) is 152 cm³/mol. The number of esters is 1. The van der Waals surface area contributed by atoms with Crippen molar-refractivity contribution in [2.45, 2.75) is 13.3 Å². The van der Waals surface area contributed by atoms with Gasteiger partial charge in [-0.05, 0) is 42.8 Å². The van der Waals surface area contributed by atoms with Crippen molar-refractivity contribution in [3.8, 4) is 22.9 Å². The van der Waals surface area contributed by atoms with E-state index >= 15 is 0 Å². The first-order valence-electron chi connectivity index (χ1n) is 12.5. The summed E-state index contributed by atoms with van der Waals surface area (Å²) in [5.41, 5.74) is 2.51. The quantitative estimate of drug-likeness (QED) is 0.275. The zero-order chi connectivity index (χ0) is 29.3. The summed E-state index contributed by atoms with van der Waals surface area (Å²) in [5, 5.41) is 7.78. The van der Waals surface area contributed by atoms with Crippen LogP contribution in [0.15, 0.2) is 63.9 Å². The molecule has 2 aromatic heterocycles. The second-order valence-electron chi connectivity index (χ2n) is 9.14. The Balaban J connectivity index is 1.53. The van der Waals surface area contributed by atoms with Gasteiger partial charge in [0.15, 0.2) is 11.5 Å². The Morgan fingerprint density at radius 3 is 2.34 bits per heavy atom. The highest BCUT2D eigenvalue weighted by atomic mass is 16.5. The van der Waals surface area contributed by atoms with Crippen LogP contribution in [0.3, 0.4) is 0 Å². The highest BCUT2D eigenvalue weighted by molar-refractivity contribution is 6.07. The number of rotatable bonds is 8. The first-order chi connectivity index (χ1) is 19.8. The summed E-state index contributed by atoms with van der Waals surface area (Å²) in [6, 6.07) is 15.2. The van der Waals surface area contributed by atoms with Gasteiger partial charge >= 0.3 is 5.97 Å². The minimum absolute atomic E-state index is 0.0260. The molecule has 5 rings (SSSR count). The fourth-order valence-electron chi connectivity index (χ4n) is 4.80. The second-order valence-corrected chi connectivity index (χ2v) is 9.14. The Morgan fingerprint density at radius 1 is 0.951 bits per heavy atom. The zero-order valence-electron chi connectivity index (χ0n) is 23.1. The number of amides is 1. The van der Waals surface area contributed by atoms with Gasteiger partial charge in [-0.25, -0.2) is 4.79 Å². The lowest BCUT2D eigenvalue weighted by atomic mass is 10.1. The van der Waals surface area contributed by atoms with Crippen molar-refractivity contribution < 1.29 is 33.1 Å². The number of nitrogens with one attached hydrogen (secondary N) is 1. The standard InChI is InChI=1S/C30H27N3O8/c1-16-26-27(32-41-16)21-13-18(30(36)40-5)9-10-22(21)33(29(26)35)20-8-6-7-17(11-20)12-25(34)31-19-14-23(37-2)28(39-4)24(15-19)38-3/h6-11,13-15H,12H2,1-5H3,(H,31,34). The molecule has 0 saturated heterocycles. The monoisotopic (exact) mass is 557 g/mol. The van der Waals surface area contributed by atoms with Crippen LogP contribution >= 0.6 is 0 Å². The largest absolute Gasteiger partial charge is 0.493 e. The van der Waals surface area contributed by atoms with Crippen molar-refractivity contribution in [1.82, 2.24) is 9.72 Å². The van der Waals surface area contributed by atoms with Gasteiger partial charge in [0.25, 0.3) is 5.56 Å². The Labute approximate surface area is 234 Å². The lowest BCUT2D eigenvalue weighted by molar-refractivity contribution is -0.115. The molecule has 41 heavy (non-hydrogen) atoms. The maximum Gasteiger partial charge on any atom is 0.337 e. The SMILES string of the molecule is COC(=O)c1ccc2c(c1)c1noc(C)c1c(=O)n2-c1cccc(CC(=O)Nc2cc(OC)c(OC)c(OC)c2)c1. The van der Waals surface area contributed by atoms with Crippen LogP contribution in [-0.4, -0.2) is 50.0 Å². The molecule has 0 unspecified atom stereocenters. The van der Waals surface area contributed by atoms with E-state index in [2.05, 4.69) is 10.5 Å². The molecule has 5 aromatic rings. The molecule has 1 amide bonds. The number of fused-ring (bicyclic) bond motifs is 3. The van der Waals surface area contributed by atoms with Gasteiger partial charge < -0.3 is 28.8 Å². The smallest absolute Gasteiger partial charge is 0.337 e. The van der Waals surface area contributed by atoms with E-state index in [0.717, 1.165) is 0 Å². The predicted octanol–water partition coefficient (Wildman–Crippen LogP) is 4.43. The number of aromatic nitrogens is 2. The minimum atomic E-state index is -0.516. The van der Waals surface area contributed by atoms with E-state index in [1.165, 1.54) is 33.0 Å². The van der Waals surface area contributed by atoms with E-state index in [1.807, 2.05) is 0 Å². The topological polar surface area (TPSA) is 131 Å². The number of hydrogen-bond donors (Lipinski definition) is 1. The van der Waals surface area contributed by atoms with Crippen molar-refractivity contribution in [2.24, 2.45) is 0 Å². The number of methoxy groups -OCH3 is 4. The van der Waals surface area contributed by atoms with E-state index in [1.54, 1.807) is 61.5 Å². The third-order valence-corrected chi connectivity index (χ3v) is 6.68. The molecule has 0 aliphatic carbocycles. The summed E-state index contributed by atoms with van der Waals surface area (Å²) in [7, 11) is 5.79. The number of aryl methyl sites for hydroxylation is 1. The normalized spacial score (nSPS) is 11.0. The zero-order valence-corrected chi connectivity index (χ0v) is 23.1. The van der Waals surface area contributed by atoms with Crippen molar-refractivity contribution in [3.63, 3.8) is 0 Å². The summed E-state index contributed by atoms with van der Waals surface area (Å²) in [5.74, 6) is 0.775. The Bertz CT molecular complexity index is 1850. The summed E-state index contributed by atoms with van der Waals surface area (Å²) in [6.45, 7) is 1.65. The van der Waals surface area contributed by atoms with Gasteiger partial charge in [-0.1, -0.05) is 17.3 Å². The molecule has 11 heteroatoms. The number of nitrogens with zero attached hydrogens (tertiary/aromatic N) is 2. The minimum Gasteiger partial charge on any atom is -0.493 e. The summed E-state index contributed by atoms with van der Waals surface area (Å²) >= 11 is 0. The highest BCUT2D eigenvalue weighted by Gasteiger charge is 2.20. The van der Waals surface area contributed by atoms with Crippen molar-refractivity contribution >= 4 is 39.4 Å². The molecule has 0 saturated carbocycles. The van der Waals surface area contributed by atoms with Crippen molar-refractivity contribution in [3.05, 3.63) is 81.8 Å². The van der Waals surface area contributed by atoms with Crippen LogP contribution in [0.25, 0.3) is 27.5 Å². The number of ether oxygens (including phenoxy) is 4. The Morgan fingerprint density at radius 2 is 1.68 bits per heavy atom. The van der Waals surface area contributed by atoms with Crippen LogP contribution in [-0.2, 0) is 16.0 Å². The van der Waals surface area contributed by atoms with Crippen LogP contribution in [0.4, 0.5) is 5.69 Å². The number of hydrogen-bond acceptors (Lipinski definition) is 9. The van der Waals surface area contributed by atoms with Gasteiger partial charge in [0.05, 0.1) is 45.9 Å². The van der Waals surface area contributed by atoms with Crippen LogP contribution in [0, 0.1) is 6.92 Å². The molecule has 0 aliphatic rings. The number of benzene rings is 3. The van der Waals surface area contributed by atoms with Crippen LogP contribution in [0.1, 0.15) is 21.7 Å². The van der Waals surface area contributed by atoms with Gasteiger partial charge in [-0.3, -0.25) is 14.2 Å². The molecular formula is C30H27N3O8. The molecule has 0 spiro atoms. The fraction of sp³-hybridized carbons (Fsp3) is 0.200. The summed E-state index contributed by atoms with van der Waals surface area (Å²) in [4.78, 5) is 38.9. The molecule has 3 aromatic carbocycles. The molecule has 210 valence electrons. The summed E-state index contributed by atoms with van der Waals surface area (Å²) < 4.78 is 27.8. The third kappa shape index (κ3) is 4.93. The van der Waals surface area contributed by atoms with Gasteiger partial charge in [0, 0.05) is 28.9 Å². The second kappa shape index (κ2) is 11.0. The summed E-state index contributed by atoms with van der Waals surface area (Å²) in [6.07, 6.45) is 0.0260. The van der Waals surface area contributed by atoms with Gasteiger partial charge in [-0.15, -0.1) is 0 Å². The lowest BCUT2D eigenvalue weighted by Gasteiger charge is -2.15. The molecule has 0 fully saturated rings. The molecule has 1 N–H and O–H groups in total. The van der Waals surface area contributed by atoms with Gasteiger partial charge in [0.1, 0.15) is 16.7 Å². The Hall–Kier alpha value is -5.32. The van der Waals surface area contributed by atoms with Crippen LogP contribution < -0.4 is 25.1 Å². The fourth-order valence-corrected chi connectivity index (χ4v) is 4.80. The number of anilines is 1. The molecule has 2 heterocycles. The van der Waals surface area contributed by atoms with Crippen molar-refractivity contribution in [2.75, 3.05) is 33.8 Å². The number of carbonyl (C=O) groups is 2. The molecule has 0 bridgehead atoms. The van der Waals surface area contributed by atoms with E-state index in [-0.39, 0.29) is 17.9 Å². The number of carbonyl (C=O) groups excluding carboxylic acids is 2. The van der Waals surface area contributed by atoms with E-state index in [9.17, 15) is 14.4 Å². The Kier molecular flexibility index (Phi) is 7.34. The maximum atomic E-state index is 13.7. The van der Waals surface area contributed by atoms with Crippen molar-refractivity contribution in [1.29, 1.82) is 0 Å². The van der Waals surface area contributed by atoms with E-state index in [4.69, 9.17) is 23.5 Å². The van der Waals surface area contributed by atoms with Crippen LogP contribution in [0.5, 0.6) is 17.2 Å². The first kappa shape index (κ1) is 27.3. The molecule has 11 nitrogen and oxygen atoms in total. The highest BCUT2D eigenvalue weighted by Crippen LogP contribution is 2.40. The number of pyridine rings is 1. The van der Waals surface area contributed by atoms with Gasteiger partial charge in [-0.2, -0.15) is 0 Å². The lowest BCUT2D eigenvalue weighted by Crippen LogP contribution is -2.20.